The van der Waals surface area contributed by atoms with E-state index < -0.39 is 0 Å². The molecule has 1 N–H and O–H groups in total. The van der Waals surface area contributed by atoms with Gasteiger partial charge in [-0.3, -0.25) is 9.18 Å². The third kappa shape index (κ3) is 8.88. The number of allylic oxidation sites excluding steroid dienone is 2. The number of carbonyl (C=O) groups is 1. The van der Waals surface area contributed by atoms with Gasteiger partial charge in [0, 0.05) is 49.6 Å². The Morgan fingerprint density at radius 1 is 0.939 bits per heavy atom. The maximum Gasteiger partial charge on any atom is 0.162 e. The van der Waals surface area contributed by atoms with E-state index in [0.717, 1.165) is 59.5 Å². The standard InChI is InChI=1S/C30H29FNO.C13H24O2.Ir/c1-16(2)11-20-7-8-22-21(14-20)9-10-32-29(22)25-12-19(6)28(31)27-24-15-23(17(3)4)18(5)13-26(24)33-30(25)27;1-5-10(6-2)12(14)9-13(15)11(7-3)8-4;/h7-10,13-17H,11H2,1-6H3;9-11,14H,5-8H2,1-4H3;/q-1;;/b;12-9-;. The number of hydrogen-bond donors (Lipinski definition) is 1. The van der Waals surface area contributed by atoms with Gasteiger partial charge in [-0.1, -0.05) is 91.6 Å². The summed E-state index contributed by atoms with van der Waals surface area (Å²) in [6.07, 6.45) is 7.75. The SMILES string of the molecule is CCC(CC)C(=O)/C=C(\O)C(CC)CC.Cc1[c-]c(-c2nccc3cc(CC(C)C)ccc23)c2oc3cc(C)c(C(C)C)cc3c2c1F.[Ir]. The van der Waals surface area contributed by atoms with Gasteiger partial charge in [-0.2, -0.15) is 0 Å². The molecule has 2 heterocycles. The van der Waals surface area contributed by atoms with Crippen LogP contribution in [0.15, 0.2) is 58.8 Å². The van der Waals surface area contributed by atoms with Gasteiger partial charge in [0.2, 0.25) is 0 Å². The van der Waals surface area contributed by atoms with Gasteiger partial charge in [0.25, 0.3) is 0 Å². The van der Waals surface area contributed by atoms with Crippen LogP contribution in [0.2, 0.25) is 0 Å². The maximum absolute atomic E-state index is 15.5. The molecule has 0 atom stereocenters. The molecule has 0 spiro atoms. The first-order chi connectivity index (χ1) is 22.8. The molecule has 0 saturated carbocycles. The van der Waals surface area contributed by atoms with Crippen LogP contribution in [0.5, 0.6) is 0 Å². The maximum atomic E-state index is 15.5. The van der Waals surface area contributed by atoms with Crippen LogP contribution in [0, 0.1) is 43.5 Å². The van der Waals surface area contributed by atoms with Crippen molar-refractivity contribution in [2.24, 2.45) is 17.8 Å². The van der Waals surface area contributed by atoms with Gasteiger partial charge in [0.15, 0.2) is 5.78 Å². The van der Waals surface area contributed by atoms with Gasteiger partial charge >= 0.3 is 0 Å². The number of aryl methyl sites for hydroxylation is 2. The number of pyridine rings is 1. The van der Waals surface area contributed by atoms with E-state index in [2.05, 4.69) is 65.0 Å². The number of hydrogen-bond acceptors (Lipinski definition) is 4. The van der Waals surface area contributed by atoms with E-state index in [1.807, 2.05) is 46.0 Å². The zero-order valence-corrected chi connectivity index (χ0v) is 33.3. The molecule has 49 heavy (non-hydrogen) atoms. The van der Waals surface area contributed by atoms with Gasteiger partial charge in [0.1, 0.15) is 5.58 Å². The average molecular weight is 843 g/mol. The van der Waals surface area contributed by atoms with Gasteiger partial charge in [-0.15, -0.1) is 6.07 Å². The molecule has 0 unspecified atom stereocenters. The van der Waals surface area contributed by atoms with Crippen LogP contribution in [0.3, 0.4) is 0 Å². The van der Waals surface area contributed by atoms with Crippen LogP contribution < -0.4 is 0 Å². The minimum Gasteiger partial charge on any atom is -0.512 e. The van der Waals surface area contributed by atoms with E-state index in [4.69, 9.17) is 9.40 Å². The first kappa shape index (κ1) is 40.1. The third-order valence-electron chi connectivity index (χ3n) is 9.58. The summed E-state index contributed by atoms with van der Waals surface area (Å²) in [5.74, 6) is 1.21. The molecular formula is C43H53FIrNO3-. The Hall–Kier alpha value is -3.34. The number of rotatable bonds is 11. The van der Waals surface area contributed by atoms with E-state index in [1.54, 1.807) is 6.92 Å². The van der Waals surface area contributed by atoms with Crippen LogP contribution in [-0.4, -0.2) is 15.9 Å². The normalized spacial score (nSPS) is 12.0. The summed E-state index contributed by atoms with van der Waals surface area (Å²) in [5.41, 5.74) is 6.84. The van der Waals surface area contributed by atoms with Crippen LogP contribution >= 0.6 is 0 Å². The molecule has 5 rings (SSSR count). The zero-order valence-electron chi connectivity index (χ0n) is 30.9. The number of nitrogens with zero attached hydrogens (tertiary/aromatic N) is 1. The molecule has 0 aliphatic heterocycles. The van der Waals surface area contributed by atoms with Gasteiger partial charge in [-0.05, 0) is 108 Å². The van der Waals surface area contributed by atoms with Crippen molar-refractivity contribution in [1.29, 1.82) is 0 Å². The number of benzene rings is 3. The molecule has 0 bridgehead atoms. The second-order valence-electron chi connectivity index (χ2n) is 13.9. The van der Waals surface area contributed by atoms with Crippen molar-refractivity contribution in [1.82, 2.24) is 4.98 Å². The molecule has 0 saturated heterocycles. The fourth-order valence-corrected chi connectivity index (χ4v) is 6.74. The molecular weight excluding hydrogens is 790 g/mol. The van der Waals surface area contributed by atoms with E-state index in [9.17, 15) is 9.90 Å². The number of furan rings is 1. The Balaban J connectivity index is 0.000000347. The van der Waals surface area contributed by atoms with Crippen molar-refractivity contribution >= 4 is 38.5 Å². The number of carbonyl (C=O) groups excluding carboxylic acids is 1. The minimum atomic E-state index is -0.273. The van der Waals surface area contributed by atoms with Crippen LogP contribution in [0.1, 0.15) is 109 Å². The molecule has 3 aromatic carbocycles. The largest absolute Gasteiger partial charge is 0.512 e. The predicted molar refractivity (Wildman–Crippen MR) is 199 cm³/mol. The number of aliphatic hydroxyl groups is 1. The molecule has 4 nitrogen and oxygen atoms in total. The molecule has 0 aliphatic carbocycles. The molecule has 265 valence electrons. The Kier molecular flexibility index (Phi) is 14.4. The molecule has 0 aliphatic rings. The second-order valence-corrected chi connectivity index (χ2v) is 13.9. The monoisotopic (exact) mass is 843 g/mol. The summed E-state index contributed by atoms with van der Waals surface area (Å²) < 4.78 is 21.8. The van der Waals surface area contributed by atoms with Crippen molar-refractivity contribution in [3.05, 3.63) is 88.6 Å². The van der Waals surface area contributed by atoms with Crippen molar-refractivity contribution in [3.8, 4) is 11.3 Å². The molecule has 6 heteroatoms. The van der Waals surface area contributed by atoms with Crippen LogP contribution in [0.4, 0.5) is 4.39 Å². The van der Waals surface area contributed by atoms with Crippen LogP contribution in [0.25, 0.3) is 44.0 Å². The Morgan fingerprint density at radius 3 is 2.18 bits per heavy atom. The molecule has 1 radical (unpaired) electrons. The van der Waals surface area contributed by atoms with Gasteiger partial charge in [-0.25, -0.2) is 0 Å². The molecule has 2 aromatic heterocycles. The third-order valence-corrected chi connectivity index (χ3v) is 9.58. The van der Waals surface area contributed by atoms with E-state index in [0.29, 0.717) is 39.5 Å². The fourth-order valence-electron chi connectivity index (χ4n) is 6.74. The van der Waals surface area contributed by atoms with Crippen molar-refractivity contribution in [3.63, 3.8) is 0 Å². The summed E-state index contributed by atoms with van der Waals surface area (Å²) in [6.45, 7) is 20.7. The minimum absolute atomic E-state index is 0. The van der Waals surface area contributed by atoms with Crippen LogP contribution in [-0.2, 0) is 31.3 Å². The van der Waals surface area contributed by atoms with Crippen molar-refractivity contribution in [2.45, 2.75) is 107 Å². The quantitative estimate of drug-likeness (QED) is 0.0817. The summed E-state index contributed by atoms with van der Waals surface area (Å²) in [5, 5.41) is 13.2. The van der Waals surface area contributed by atoms with Gasteiger partial charge < -0.3 is 14.5 Å². The first-order valence-corrected chi connectivity index (χ1v) is 17.7. The predicted octanol–water partition coefficient (Wildman–Crippen LogP) is 12.5. The Bertz CT molecular complexity index is 1930. The number of halogens is 1. The first-order valence-electron chi connectivity index (χ1n) is 17.7. The number of aliphatic hydroxyl groups excluding tert-OH is 1. The van der Waals surface area contributed by atoms with E-state index in [1.165, 1.54) is 17.2 Å². The summed E-state index contributed by atoms with van der Waals surface area (Å²) in [4.78, 5) is 16.4. The summed E-state index contributed by atoms with van der Waals surface area (Å²) >= 11 is 0. The second kappa shape index (κ2) is 17.5. The molecule has 0 amide bonds. The summed E-state index contributed by atoms with van der Waals surface area (Å²) in [7, 11) is 0. The topological polar surface area (TPSA) is 63.3 Å². The smallest absolute Gasteiger partial charge is 0.162 e. The van der Waals surface area contributed by atoms with Gasteiger partial charge in [0.05, 0.1) is 17.2 Å². The zero-order chi connectivity index (χ0) is 35.3. The van der Waals surface area contributed by atoms with E-state index in [-0.39, 0.29) is 49.3 Å². The summed E-state index contributed by atoms with van der Waals surface area (Å²) in [6, 6.07) is 15.9. The van der Waals surface area contributed by atoms with E-state index >= 15 is 4.39 Å². The fraction of sp³-hybridized carbons (Fsp3) is 0.442. The number of ketones is 1. The molecule has 5 aromatic rings. The van der Waals surface area contributed by atoms with Crippen molar-refractivity contribution < 1.29 is 38.8 Å². The Labute approximate surface area is 305 Å². The number of aromatic nitrogens is 1. The van der Waals surface area contributed by atoms with Crippen molar-refractivity contribution in [2.75, 3.05) is 0 Å². The molecule has 0 fully saturated rings. The average Bonchev–Trinajstić information content (AvgIpc) is 3.41. The Morgan fingerprint density at radius 2 is 1.59 bits per heavy atom. The number of fused-ring (bicyclic) bond motifs is 4.